The molecule has 1 fully saturated rings. The molecule has 224 valence electrons. The van der Waals surface area contributed by atoms with Crippen molar-refractivity contribution in [2.75, 3.05) is 27.1 Å². The van der Waals surface area contributed by atoms with Crippen LogP contribution >= 0.6 is 0 Å². The van der Waals surface area contributed by atoms with Gasteiger partial charge in [-0.1, -0.05) is 31.2 Å². The van der Waals surface area contributed by atoms with E-state index in [1.54, 1.807) is 30.6 Å². The Morgan fingerprint density at radius 3 is 2.78 bits per heavy atom. The van der Waals surface area contributed by atoms with Crippen LogP contribution in [-0.4, -0.2) is 78.3 Å². The third-order valence-corrected chi connectivity index (χ3v) is 6.91. The second kappa shape index (κ2) is 14.1. The van der Waals surface area contributed by atoms with Gasteiger partial charge in [-0.15, -0.1) is 0 Å². The van der Waals surface area contributed by atoms with Crippen LogP contribution in [0.3, 0.4) is 0 Å². The van der Waals surface area contributed by atoms with Crippen molar-refractivity contribution < 1.29 is 38.3 Å². The topological polar surface area (TPSA) is 133 Å². The third kappa shape index (κ3) is 8.40. The van der Waals surface area contributed by atoms with Crippen molar-refractivity contribution in [3.05, 3.63) is 59.7 Å². The maximum atomic E-state index is 13.5. The average molecular weight is 572 g/mol. The van der Waals surface area contributed by atoms with Gasteiger partial charge in [0.1, 0.15) is 47.8 Å². The molecule has 3 unspecified atom stereocenters. The fourth-order valence-corrected chi connectivity index (χ4v) is 4.68. The number of nitrogens with one attached hydrogen (secondary N) is 2. The van der Waals surface area contributed by atoms with Crippen molar-refractivity contribution in [3.8, 4) is 11.5 Å². The molecule has 3 N–H and O–H groups in total. The molecule has 0 radical (unpaired) electrons. The molecule has 0 saturated carbocycles. The summed E-state index contributed by atoms with van der Waals surface area (Å²) in [6.07, 6.45) is 8.82. The van der Waals surface area contributed by atoms with Crippen LogP contribution in [0.15, 0.2) is 42.8 Å². The lowest BCUT2D eigenvalue weighted by Crippen LogP contribution is -2.34. The highest BCUT2D eigenvalue weighted by Crippen LogP contribution is 2.35. The number of rotatable bonds is 9. The van der Waals surface area contributed by atoms with Crippen LogP contribution in [0, 0.1) is 5.92 Å². The van der Waals surface area contributed by atoms with E-state index in [-0.39, 0.29) is 24.0 Å². The number of aromatic amines is 1. The Hall–Kier alpha value is -3.22. The molecule has 11 heteroatoms. The number of fused-ring (bicyclic) bond motifs is 2. The number of esters is 1. The number of carbonyl (C=O) groups is 1. The third-order valence-electron chi connectivity index (χ3n) is 6.91. The Labute approximate surface area is 240 Å². The number of aliphatic hydroxyl groups is 1. The first-order valence-electron chi connectivity index (χ1n) is 13.9. The summed E-state index contributed by atoms with van der Waals surface area (Å²) >= 11 is 0. The number of carbonyl (C=O) groups excluding carboxylic acids is 1. The van der Waals surface area contributed by atoms with Crippen molar-refractivity contribution in [1.82, 2.24) is 15.3 Å². The van der Waals surface area contributed by atoms with Crippen LogP contribution in [0.4, 0.5) is 0 Å². The Morgan fingerprint density at radius 2 is 2.02 bits per heavy atom. The highest BCUT2D eigenvalue weighted by molar-refractivity contribution is 5.97. The summed E-state index contributed by atoms with van der Waals surface area (Å²) in [4.78, 5) is 20.8. The Bertz CT molecular complexity index is 1200. The summed E-state index contributed by atoms with van der Waals surface area (Å²) in [6, 6.07) is 3.45. The van der Waals surface area contributed by atoms with Gasteiger partial charge in [-0.2, -0.15) is 0 Å². The molecule has 2 aliphatic heterocycles. The van der Waals surface area contributed by atoms with E-state index in [1.807, 2.05) is 45.9 Å². The monoisotopic (exact) mass is 571 g/mol. The van der Waals surface area contributed by atoms with E-state index in [0.717, 1.165) is 5.82 Å². The molecule has 11 nitrogen and oxygen atoms in total. The molecular formula is C30H41N3O8. The second-order valence-corrected chi connectivity index (χ2v) is 10.6. The van der Waals surface area contributed by atoms with E-state index in [9.17, 15) is 9.90 Å². The fourth-order valence-electron chi connectivity index (χ4n) is 4.68. The number of benzene rings is 1. The minimum Gasteiger partial charge on any atom is -0.492 e. The van der Waals surface area contributed by atoms with Crippen molar-refractivity contribution in [1.29, 1.82) is 0 Å². The van der Waals surface area contributed by atoms with Gasteiger partial charge in [0.25, 0.3) is 0 Å². The minimum atomic E-state index is -0.883. The van der Waals surface area contributed by atoms with Gasteiger partial charge in [0.15, 0.2) is 12.6 Å². The van der Waals surface area contributed by atoms with Gasteiger partial charge in [-0.3, -0.25) is 0 Å². The summed E-state index contributed by atoms with van der Waals surface area (Å²) in [6.45, 7) is 8.86. The van der Waals surface area contributed by atoms with Crippen molar-refractivity contribution in [3.63, 3.8) is 0 Å². The average Bonchev–Trinajstić information content (AvgIpc) is 3.56. The van der Waals surface area contributed by atoms with Crippen LogP contribution in [0.5, 0.6) is 11.5 Å². The maximum Gasteiger partial charge on any atom is 0.342 e. The second-order valence-electron chi connectivity index (χ2n) is 10.6. The molecule has 0 bridgehead atoms. The van der Waals surface area contributed by atoms with Gasteiger partial charge >= 0.3 is 5.97 Å². The van der Waals surface area contributed by atoms with Crippen molar-refractivity contribution in [2.45, 2.75) is 70.9 Å². The zero-order chi connectivity index (χ0) is 29.4. The smallest absolute Gasteiger partial charge is 0.342 e. The normalized spacial score (nSPS) is 27.7. The van der Waals surface area contributed by atoms with Crippen molar-refractivity contribution >= 4 is 12.0 Å². The van der Waals surface area contributed by atoms with E-state index in [0.29, 0.717) is 37.4 Å². The molecule has 4 rings (SSSR count). The molecule has 41 heavy (non-hydrogen) atoms. The maximum absolute atomic E-state index is 13.5. The lowest BCUT2D eigenvalue weighted by molar-refractivity contribution is -0.152. The molecular weight excluding hydrogens is 530 g/mol. The number of imidazole rings is 1. The fraction of sp³-hybridized carbons (Fsp3) is 0.533. The lowest BCUT2D eigenvalue weighted by Gasteiger charge is -2.23. The zero-order valence-electron chi connectivity index (χ0n) is 24.3. The van der Waals surface area contributed by atoms with Gasteiger partial charge in [0.2, 0.25) is 0 Å². The largest absolute Gasteiger partial charge is 0.492 e. The van der Waals surface area contributed by atoms with E-state index < -0.39 is 36.2 Å². The molecule has 1 aromatic heterocycles. The van der Waals surface area contributed by atoms with Gasteiger partial charge in [-0.05, 0) is 38.8 Å². The Kier molecular flexibility index (Phi) is 10.6. The van der Waals surface area contributed by atoms with E-state index >= 15 is 0 Å². The number of hydrogen-bond acceptors (Lipinski definition) is 10. The molecule has 2 aromatic rings. The molecule has 1 aromatic carbocycles. The van der Waals surface area contributed by atoms with Crippen LogP contribution in [-0.2, 0) is 25.5 Å². The zero-order valence-corrected chi connectivity index (χ0v) is 24.3. The van der Waals surface area contributed by atoms with Crippen LogP contribution in [0.2, 0.25) is 0 Å². The number of nitrogens with zero attached hydrogens (tertiary/aromatic N) is 1. The first-order valence-corrected chi connectivity index (χ1v) is 13.9. The van der Waals surface area contributed by atoms with Gasteiger partial charge in [0.05, 0.1) is 12.6 Å². The number of aromatic nitrogens is 2. The highest BCUT2D eigenvalue weighted by atomic mass is 16.8. The highest BCUT2D eigenvalue weighted by Gasteiger charge is 2.43. The summed E-state index contributed by atoms with van der Waals surface area (Å²) in [5.41, 5.74) is 0.826. The van der Waals surface area contributed by atoms with Gasteiger partial charge in [-0.25, -0.2) is 9.78 Å². The number of methoxy groups -OCH3 is 1. The molecule has 2 aliphatic rings. The Morgan fingerprint density at radius 1 is 1.20 bits per heavy atom. The number of hydrogen-bond donors (Lipinski definition) is 3. The SMILES string of the molecule is COCOc1cc(OCCNCc2ncc[nH]2)cc2c1C(=O)O[C@@H](C)[C@H](C)/C=C\C(O)C1OC(C)(C)OC1C/C=C/2. The van der Waals surface area contributed by atoms with E-state index in [4.69, 9.17) is 28.4 Å². The molecule has 3 heterocycles. The minimum absolute atomic E-state index is 0.0613. The van der Waals surface area contributed by atoms with Gasteiger partial charge < -0.3 is 43.8 Å². The summed E-state index contributed by atoms with van der Waals surface area (Å²) in [7, 11) is 1.51. The number of H-pyrrole nitrogens is 1. The summed E-state index contributed by atoms with van der Waals surface area (Å²) in [5.74, 6) is 0.0946. The molecule has 5 atom stereocenters. The number of aliphatic hydroxyl groups excluding tert-OH is 1. The van der Waals surface area contributed by atoms with E-state index in [1.165, 1.54) is 7.11 Å². The Balaban J connectivity index is 1.62. The predicted molar refractivity (Wildman–Crippen MR) is 151 cm³/mol. The first kappa shape index (κ1) is 30.7. The molecule has 0 aliphatic carbocycles. The summed E-state index contributed by atoms with van der Waals surface area (Å²) in [5, 5.41) is 14.2. The van der Waals surface area contributed by atoms with Crippen LogP contribution in [0.1, 0.15) is 55.9 Å². The number of cyclic esters (lactones) is 1. The quantitative estimate of drug-likeness (QED) is 0.177. The number of ether oxygens (including phenoxy) is 6. The summed E-state index contributed by atoms with van der Waals surface area (Å²) < 4.78 is 35.0. The van der Waals surface area contributed by atoms with Crippen LogP contribution < -0.4 is 14.8 Å². The molecule has 0 spiro atoms. The van der Waals surface area contributed by atoms with Gasteiger partial charge in [0, 0.05) is 38.0 Å². The molecule has 0 amide bonds. The predicted octanol–water partition coefficient (Wildman–Crippen LogP) is 3.60. The van der Waals surface area contributed by atoms with Crippen LogP contribution in [0.25, 0.3) is 6.08 Å². The lowest BCUT2D eigenvalue weighted by atomic mass is 9.99. The molecule has 1 saturated heterocycles. The standard InChI is InChI=1S/C30H41N3O8/c1-19-9-10-23(34)28-24(40-30(3,4)41-28)8-6-7-21-15-22(37-14-13-31-17-26-32-11-12-33-26)16-25(38-18-36-5)27(21)29(35)39-20(19)2/h6-7,9-12,15-16,19-20,23-24,28,31,34H,8,13-14,17-18H2,1-5H3,(H,32,33)/b7-6+,10-9-/t19-,20+,23?,24?,28?/m1/s1. The van der Waals surface area contributed by atoms with Crippen molar-refractivity contribution in [2.24, 2.45) is 5.92 Å². The van der Waals surface area contributed by atoms with E-state index in [2.05, 4.69) is 15.3 Å². The first-order chi connectivity index (χ1) is 19.7.